The van der Waals surface area contributed by atoms with Gasteiger partial charge in [-0.2, -0.15) is 0 Å². The van der Waals surface area contributed by atoms with E-state index in [1.54, 1.807) is 0 Å². The van der Waals surface area contributed by atoms with Crippen molar-refractivity contribution in [2.24, 2.45) is 10.9 Å². The van der Waals surface area contributed by atoms with E-state index < -0.39 is 0 Å². The van der Waals surface area contributed by atoms with E-state index in [4.69, 9.17) is 0 Å². The molecule has 1 aliphatic heterocycles. The summed E-state index contributed by atoms with van der Waals surface area (Å²) in [5, 5.41) is 0. The summed E-state index contributed by atoms with van der Waals surface area (Å²) in [6.07, 6.45) is 7.59. The van der Waals surface area contributed by atoms with Crippen LogP contribution in [0.1, 0.15) is 33.1 Å². The van der Waals surface area contributed by atoms with Crippen molar-refractivity contribution in [1.82, 2.24) is 0 Å². The number of hydrogen-bond acceptors (Lipinski definition) is 1. The number of allylic oxidation sites excluding steroid dienone is 1. The molecule has 56 valence electrons. The zero-order chi connectivity index (χ0) is 7.40. The fraction of sp³-hybridized carbons (Fsp3) is 0.667. The van der Waals surface area contributed by atoms with Crippen LogP contribution in [0.3, 0.4) is 0 Å². The highest BCUT2D eigenvalue weighted by Gasteiger charge is 2.03. The van der Waals surface area contributed by atoms with E-state index in [1.807, 2.05) is 6.20 Å². The van der Waals surface area contributed by atoms with Crippen LogP contribution in [-0.2, 0) is 0 Å². The summed E-state index contributed by atoms with van der Waals surface area (Å²) in [5.74, 6) is 0.755. The highest BCUT2D eigenvalue weighted by molar-refractivity contribution is 5.85. The molecule has 0 unspecified atom stereocenters. The number of hydrogen-bond donors (Lipinski definition) is 0. The van der Waals surface area contributed by atoms with E-state index in [0.29, 0.717) is 0 Å². The average Bonchev–Trinajstić information content (AvgIpc) is 1.88. The molecule has 0 saturated heterocycles. The molecule has 0 saturated carbocycles. The summed E-state index contributed by atoms with van der Waals surface area (Å²) < 4.78 is 0. The molecule has 1 heteroatoms. The molecule has 0 aromatic carbocycles. The summed E-state index contributed by atoms with van der Waals surface area (Å²) in [4.78, 5) is 4.31. The van der Waals surface area contributed by atoms with Gasteiger partial charge in [0.15, 0.2) is 0 Å². The molecular formula is C9H15N. The minimum absolute atomic E-state index is 0.755. The Morgan fingerprint density at radius 2 is 2.40 bits per heavy atom. The van der Waals surface area contributed by atoms with E-state index in [9.17, 15) is 0 Å². The lowest BCUT2D eigenvalue weighted by Gasteiger charge is -2.09. The van der Waals surface area contributed by atoms with Gasteiger partial charge in [-0.3, -0.25) is 4.99 Å². The molecule has 0 bridgehead atoms. The van der Waals surface area contributed by atoms with Gasteiger partial charge in [0.05, 0.1) is 0 Å². The number of aliphatic imine (C=N–C) groups is 1. The molecule has 0 radical (unpaired) electrons. The molecule has 1 rings (SSSR count). The summed E-state index contributed by atoms with van der Waals surface area (Å²) in [7, 11) is 0. The Hall–Kier alpha value is -0.590. The van der Waals surface area contributed by atoms with Crippen LogP contribution in [0.25, 0.3) is 0 Å². The quantitative estimate of drug-likeness (QED) is 0.555. The van der Waals surface area contributed by atoms with Crippen molar-refractivity contribution in [3.05, 3.63) is 12.3 Å². The molecule has 0 N–H and O–H groups in total. The SMILES string of the molecule is CC(C)CC1=NC=CCC1. The highest BCUT2D eigenvalue weighted by atomic mass is 14.7. The van der Waals surface area contributed by atoms with Gasteiger partial charge in [0.25, 0.3) is 0 Å². The van der Waals surface area contributed by atoms with Gasteiger partial charge in [0.2, 0.25) is 0 Å². The molecule has 1 heterocycles. The summed E-state index contributed by atoms with van der Waals surface area (Å²) in [5.41, 5.74) is 1.37. The maximum Gasteiger partial charge on any atom is 0.0227 e. The van der Waals surface area contributed by atoms with Crippen LogP contribution in [-0.4, -0.2) is 5.71 Å². The van der Waals surface area contributed by atoms with Crippen LogP contribution in [0.2, 0.25) is 0 Å². The minimum atomic E-state index is 0.755. The first-order chi connectivity index (χ1) is 4.79. The topological polar surface area (TPSA) is 12.4 Å². The highest BCUT2D eigenvalue weighted by Crippen LogP contribution is 2.10. The molecule has 0 fully saturated rings. The maximum absolute atomic E-state index is 4.31. The Bertz CT molecular complexity index is 154. The Morgan fingerprint density at radius 1 is 1.60 bits per heavy atom. The maximum atomic E-state index is 4.31. The summed E-state index contributed by atoms with van der Waals surface area (Å²) in [6, 6.07) is 0. The Morgan fingerprint density at radius 3 is 2.90 bits per heavy atom. The van der Waals surface area contributed by atoms with Gasteiger partial charge in [-0.05, 0) is 25.2 Å². The third-order valence-corrected chi connectivity index (χ3v) is 1.61. The van der Waals surface area contributed by atoms with E-state index in [0.717, 1.165) is 5.92 Å². The van der Waals surface area contributed by atoms with Crippen molar-refractivity contribution >= 4 is 5.71 Å². The second-order valence-corrected chi connectivity index (χ2v) is 3.22. The van der Waals surface area contributed by atoms with Crippen LogP contribution in [0, 0.1) is 5.92 Å². The smallest absolute Gasteiger partial charge is 0.0227 e. The predicted octanol–water partition coefficient (Wildman–Crippen LogP) is 2.78. The normalized spacial score (nSPS) is 17.7. The van der Waals surface area contributed by atoms with E-state index in [1.165, 1.54) is 25.0 Å². The zero-order valence-corrected chi connectivity index (χ0v) is 6.80. The lowest BCUT2D eigenvalue weighted by Crippen LogP contribution is -2.04. The lowest BCUT2D eigenvalue weighted by molar-refractivity contribution is 0.674. The zero-order valence-electron chi connectivity index (χ0n) is 6.80. The molecule has 0 aromatic heterocycles. The van der Waals surface area contributed by atoms with Gasteiger partial charge < -0.3 is 0 Å². The van der Waals surface area contributed by atoms with Gasteiger partial charge in [0.1, 0.15) is 0 Å². The molecule has 0 spiro atoms. The van der Waals surface area contributed by atoms with Crippen molar-refractivity contribution < 1.29 is 0 Å². The van der Waals surface area contributed by atoms with Gasteiger partial charge in [-0.15, -0.1) is 0 Å². The average molecular weight is 137 g/mol. The van der Waals surface area contributed by atoms with Crippen molar-refractivity contribution in [1.29, 1.82) is 0 Å². The Kier molecular flexibility index (Phi) is 2.67. The number of nitrogens with zero attached hydrogens (tertiary/aromatic N) is 1. The van der Waals surface area contributed by atoms with Crippen LogP contribution >= 0.6 is 0 Å². The van der Waals surface area contributed by atoms with Crippen LogP contribution < -0.4 is 0 Å². The third kappa shape index (κ3) is 2.34. The lowest BCUT2D eigenvalue weighted by atomic mass is 10.0. The molecule has 0 amide bonds. The van der Waals surface area contributed by atoms with Crippen molar-refractivity contribution in [2.45, 2.75) is 33.1 Å². The molecule has 1 nitrogen and oxygen atoms in total. The molecule has 0 aromatic rings. The van der Waals surface area contributed by atoms with Gasteiger partial charge in [-0.1, -0.05) is 19.9 Å². The summed E-state index contributed by atoms with van der Waals surface area (Å²) >= 11 is 0. The first-order valence-corrected chi connectivity index (χ1v) is 3.99. The standard InChI is InChI=1S/C9H15N/c1-8(2)7-9-5-3-4-6-10-9/h4,6,8H,3,5,7H2,1-2H3. The fourth-order valence-corrected chi connectivity index (χ4v) is 1.17. The van der Waals surface area contributed by atoms with E-state index in [2.05, 4.69) is 24.9 Å². The second kappa shape index (κ2) is 3.55. The van der Waals surface area contributed by atoms with Crippen molar-refractivity contribution in [3.63, 3.8) is 0 Å². The molecule has 0 aliphatic carbocycles. The predicted molar refractivity (Wildman–Crippen MR) is 45.3 cm³/mol. The monoisotopic (exact) mass is 137 g/mol. The number of rotatable bonds is 2. The Balaban J connectivity index is 2.39. The first kappa shape index (κ1) is 7.52. The van der Waals surface area contributed by atoms with Gasteiger partial charge in [0, 0.05) is 11.9 Å². The van der Waals surface area contributed by atoms with Gasteiger partial charge >= 0.3 is 0 Å². The van der Waals surface area contributed by atoms with Gasteiger partial charge in [-0.25, -0.2) is 0 Å². The van der Waals surface area contributed by atoms with Crippen LogP contribution in [0.5, 0.6) is 0 Å². The second-order valence-electron chi connectivity index (χ2n) is 3.22. The first-order valence-electron chi connectivity index (χ1n) is 3.99. The largest absolute Gasteiger partial charge is 0.266 e. The van der Waals surface area contributed by atoms with Crippen molar-refractivity contribution in [3.8, 4) is 0 Å². The molecule has 1 aliphatic rings. The fourth-order valence-electron chi connectivity index (χ4n) is 1.17. The minimum Gasteiger partial charge on any atom is -0.266 e. The molecular weight excluding hydrogens is 122 g/mol. The summed E-state index contributed by atoms with van der Waals surface area (Å²) in [6.45, 7) is 4.47. The van der Waals surface area contributed by atoms with E-state index in [-0.39, 0.29) is 0 Å². The molecule has 10 heavy (non-hydrogen) atoms. The Labute approximate surface area is 62.9 Å². The third-order valence-electron chi connectivity index (χ3n) is 1.61. The molecule has 0 atom stereocenters. The van der Waals surface area contributed by atoms with E-state index >= 15 is 0 Å². The van der Waals surface area contributed by atoms with Crippen LogP contribution in [0.4, 0.5) is 0 Å². The van der Waals surface area contributed by atoms with Crippen LogP contribution in [0.15, 0.2) is 17.3 Å². The van der Waals surface area contributed by atoms with Crippen molar-refractivity contribution in [2.75, 3.05) is 0 Å².